The molecule has 0 saturated carbocycles. The number of pyridine rings is 1. The highest BCUT2D eigenvalue weighted by atomic mass is 32.1. The van der Waals surface area contributed by atoms with Crippen LogP contribution in [0, 0.1) is 19.8 Å². The second-order valence-electron chi connectivity index (χ2n) is 7.40. The minimum Gasteiger partial charge on any atom is -0.338 e. The molecule has 3 rings (SSSR count). The molecule has 0 spiro atoms. The predicted molar refractivity (Wildman–Crippen MR) is 112 cm³/mol. The second kappa shape index (κ2) is 9.28. The summed E-state index contributed by atoms with van der Waals surface area (Å²) < 4.78 is 0. The quantitative estimate of drug-likeness (QED) is 0.796. The monoisotopic (exact) mass is 400 g/mol. The van der Waals surface area contributed by atoms with Crippen molar-refractivity contribution in [2.75, 3.05) is 18.4 Å². The number of piperidine rings is 1. The highest BCUT2D eigenvalue weighted by Crippen LogP contribution is 2.25. The number of unbranched alkanes of at least 4 members (excludes halogenated alkanes) is 1. The van der Waals surface area contributed by atoms with E-state index in [-0.39, 0.29) is 17.7 Å². The van der Waals surface area contributed by atoms with Crippen molar-refractivity contribution in [1.29, 1.82) is 0 Å². The van der Waals surface area contributed by atoms with Crippen LogP contribution in [0.5, 0.6) is 0 Å². The Labute approximate surface area is 170 Å². The van der Waals surface area contributed by atoms with E-state index in [9.17, 15) is 9.59 Å². The molecule has 0 bridgehead atoms. The zero-order valence-electron chi connectivity index (χ0n) is 16.8. The summed E-state index contributed by atoms with van der Waals surface area (Å²) in [7, 11) is 0. The summed E-state index contributed by atoms with van der Waals surface area (Å²) in [6.07, 6.45) is 6.23. The van der Waals surface area contributed by atoms with Crippen LogP contribution in [-0.4, -0.2) is 39.8 Å². The Morgan fingerprint density at radius 1 is 1.25 bits per heavy atom. The molecule has 1 saturated heterocycles. The highest BCUT2D eigenvalue weighted by Gasteiger charge is 2.29. The van der Waals surface area contributed by atoms with Crippen LogP contribution in [0.3, 0.4) is 0 Å². The smallest absolute Gasteiger partial charge is 0.265 e. The van der Waals surface area contributed by atoms with Gasteiger partial charge in [-0.25, -0.2) is 9.97 Å². The average molecular weight is 401 g/mol. The normalized spacial score (nSPS) is 14.9. The maximum absolute atomic E-state index is 12.9. The molecule has 1 aliphatic heterocycles. The van der Waals surface area contributed by atoms with Gasteiger partial charge in [-0.3, -0.25) is 9.59 Å². The zero-order chi connectivity index (χ0) is 20.1. The summed E-state index contributed by atoms with van der Waals surface area (Å²) in [4.78, 5) is 36.8. The maximum Gasteiger partial charge on any atom is 0.265 e. The summed E-state index contributed by atoms with van der Waals surface area (Å²) in [6, 6.07) is 3.74. The van der Waals surface area contributed by atoms with E-state index in [1.54, 1.807) is 6.20 Å². The molecule has 1 fully saturated rings. The van der Waals surface area contributed by atoms with Gasteiger partial charge in [-0.05, 0) is 51.2 Å². The fourth-order valence-corrected chi connectivity index (χ4v) is 4.42. The lowest BCUT2D eigenvalue weighted by Crippen LogP contribution is -2.41. The van der Waals surface area contributed by atoms with Crippen molar-refractivity contribution >= 4 is 29.0 Å². The van der Waals surface area contributed by atoms with Gasteiger partial charge in [0.25, 0.3) is 5.91 Å². The number of rotatable bonds is 6. The van der Waals surface area contributed by atoms with Gasteiger partial charge < -0.3 is 10.2 Å². The fraction of sp³-hybridized carbons (Fsp3) is 0.524. The largest absolute Gasteiger partial charge is 0.338 e. The van der Waals surface area contributed by atoms with Crippen LogP contribution >= 0.6 is 11.3 Å². The number of nitrogens with one attached hydrogen (secondary N) is 1. The van der Waals surface area contributed by atoms with Gasteiger partial charge in [-0.15, -0.1) is 11.3 Å². The topological polar surface area (TPSA) is 75.2 Å². The number of hydrogen-bond donors (Lipinski definition) is 1. The number of anilines is 1. The molecule has 150 valence electrons. The Balaban J connectivity index is 1.54. The van der Waals surface area contributed by atoms with E-state index in [2.05, 4.69) is 22.2 Å². The summed E-state index contributed by atoms with van der Waals surface area (Å²) in [5, 5.41) is 3.93. The molecule has 28 heavy (non-hydrogen) atoms. The number of hydrogen-bond acceptors (Lipinski definition) is 5. The lowest BCUT2D eigenvalue weighted by Gasteiger charge is -2.31. The van der Waals surface area contributed by atoms with Crippen LogP contribution in [0.15, 0.2) is 18.3 Å². The second-order valence-corrected chi connectivity index (χ2v) is 8.49. The van der Waals surface area contributed by atoms with Gasteiger partial charge in [0.2, 0.25) is 5.91 Å². The Morgan fingerprint density at radius 2 is 2.00 bits per heavy atom. The molecule has 3 heterocycles. The Bertz CT molecular complexity index is 823. The first kappa shape index (κ1) is 20.5. The fourth-order valence-electron chi connectivity index (χ4n) is 3.34. The van der Waals surface area contributed by atoms with Gasteiger partial charge in [-0.1, -0.05) is 19.4 Å². The third kappa shape index (κ3) is 4.95. The van der Waals surface area contributed by atoms with Crippen molar-refractivity contribution < 1.29 is 9.59 Å². The molecule has 6 nitrogen and oxygen atoms in total. The number of amides is 2. The number of nitrogens with zero attached hydrogens (tertiary/aromatic N) is 3. The number of carbonyl (C=O) groups excluding carboxylic acids is 2. The number of thiazole rings is 1. The lowest BCUT2D eigenvalue weighted by atomic mass is 9.95. The van der Waals surface area contributed by atoms with Crippen molar-refractivity contribution in [3.63, 3.8) is 0 Å². The molecule has 2 aromatic heterocycles. The number of likely N-dealkylation sites (tertiary alicyclic amines) is 1. The summed E-state index contributed by atoms with van der Waals surface area (Å²) in [5.41, 5.74) is 1.88. The minimum atomic E-state index is -0.0881. The highest BCUT2D eigenvalue weighted by molar-refractivity contribution is 7.13. The summed E-state index contributed by atoms with van der Waals surface area (Å²) in [6.45, 7) is 7.22. The van der Waals surface area contributed by atoms with Gasteiger partial charge in [0.15, 0.2) is 0 Å². The molecular formula is C21H28N4O2S. The van der Waals surface area contributed by atoms with Crippen molar-refractivity contribution in [3.05, 3.63) is 39.5 Å². The van der Waals surface area contributed by atoms with Gasteiger partial charge in [0, 0.05) is 25.2 Å². The standard InChI is InChI=1S/C21H28N4O2S/c1-4-5-6-18-23-15(3)19(28-18)21(27)25-11-9-16(10-12-25)20(26)24-17-8-7-14(2)13-22-17/h7-8,13,16H,4-6,9-12H2,1-3H3,(H,22,24,26). The third-order valence-electron chi connectivity index (χ3n) is 5.09. The van der Waals surface area contributed by atoms with Gasteiger partial charge in [-0.2, -0.15) is 0 Å². The Kier molecular flexibility index (Phi) is 6.78. The van der Waals surface area contributed by atoms with Crippen LogP contribution in [-0.2, 0) is 11.2 Å². The molecule has 7 heteroatoms. The molecular weight excluding hydrogens is 372 g/mol. The number of aromatic nitrogens is 2. The van der Waals surface area contributed by atoms with Crippen LogP contribution in [0.4, 0.5) is 5.82 Å². The van der Waals surface area contributed by atoms with E-state index >= 15 is 0 Å². The molecule has 0 unspecified atom stereocenters. The minimum absolute atomic E-state index is 0.0146. The van der Waals surface area contributed by atoms with Crippen molar-refractivity contribution in [2.24, 2.45) is 5.92 Å². The molecule has 2 aromatic rings. The third-order valence-corrected chi connectivity index (χ3v) is 6.30. The molecule has 1 N–H and O–H groups in total. The van der Waals surface area contributed by atoms with Crippen LogP contribution in [0.2, 0.25) is 0 Å². The lowest BCUT2D eigenvalue weighted by molar-refractivity contribution is -0.121. The van der Waals surface area contributed by atoms with Crippen LogP contribution in [0.25, 0.3) is 0 Å². The number of aryl methyl sites for hydroxylation is 3. The van der Waals surface area contributed by atoms with Crippen molar-refractivity contribution in [3.8, 4) is 0 Å². The molecule has 1 aliphatic rings. The van der Waals surface area contributed by atoms with E-state index in [0.717, 1.165) is 40.4 Å². The molecule has 0 radical (unpaired) electrons. The van der Waals surface area contributed by atoms with Crippen LogP contribution < -0.4 is 5.32 Å². The average Bonchev–Trinajstić information content (AvgIpc) is 3.08. The van der Waals surface area contributed by atoms with Gasteiger partial charge in [0.1, 0.15) is 10.7 Å². The van der Waals surface area contributed by atoms with Crippen molar-refractivity contribution in [1.82, 2.24) is 14.9 Å². The summed E-state index contributed by atoms with van der Waals surface area (Å²) >= 11 is 1.52. The first-order chi connectivity index (χ1) is 13.5. The Hall–Kier alpha value is -2.28. The van der Waals surface area contributed by atoms with Crippen molar-refractivity contribution in [2.45, 2.75) is 52.9 Å². The first-order valence-corrected chi connectivity index (χ1v) is 10.8. The number of carbonyl (C=O) groups is 2. The first-order valence-electron chi connectivity index (χ1n) is 9.97. The van der Waals surface area contributed by atoms with E-state index in [1.165, 1.54) is 11.3 Å². The Morgan fingerprint density at radius 3 is 2.64 bits per heavy atom. The summed E-state index contributed by atoms with van der Waals surface area (Å²) in [5.74, 6) is 0.528. The van der Waals surface area contributed by atoms with Gasteiger partial charge in [0.05, 0.1) is 10.7 Å². The van der Waals surface area contributed by atoms with E-state index in [1.807, 2.05) is 30.9 Å². The molecule has 0 aromatic carbocycles. The van der Waals surface area contributed by atoms with E-state index in [4.69, 9.17) is 0 Å². The van der Waals surface area contributed by atoms with Gasteiger partial charge >= 0.3 is 0 Å². The van der Waals surface area contributed by atoms with E-state index in [0.29, 0.717) is 31.7 Å². The molecule has 0 aliphatic carbocycles. The van der Waals surface area contributed by atoms with Crippen LogP contribution in [0.1, 0.15) is 58.5 Å². The maximum atomic E-state index is 12.9. The zero-order valence-corrected chi connectivity index (χ0v) is 17.6. The SMILES string of the molecule is CCCCc1nc(C)c(C(=O)N2CCC(C(=O)Nc3ccc(C)cn3)CC2)s1. The molecule has 2 amide bonds. The predicted octanol–water partition coefficient (Wildman–Crippen LogP) is 3.99. The molecule has 0 atom stereocenters. The van der Waals surface area contributed by atoms with E-state index < -0.39 is 0 Å².